The summed E-state index contributed by atoms with van der Waals surface area (Å²) in [5.41, 5.74) is 4.67. The van der Waals surface area contributed by atoms with Gasteiger partial charge in [-0.05, 0) is 116 Å². The van der Waals surface area contributed by atoms with Crippen molar-refractivity contribution >= 4 is 28.1 Å². The Hall–Kier alpha value is -3.16. The number of amides is 1. The summed E-state index contributed by atoms with van der Waals surface area (Å²) in [4.78, 5) is 15.9. The van der Waals surface area contributed by atoms with E-state index in [0.29, 0.717) is 29.7 Å². The summed E-state index contributed by atoms with van der Waals surface area (Å²) in [5, 5.41) is 16.3. The molecule has 7 rings (SSSR count). The number of thiophene rings is 1. The summed E-state index contributed by atoms with van der Waals surface area (Å²) in [7, 11) is 2.26. The number of carbonyl (C=O) groups is 1. The van der Waals surface area contributed by atoms with Gasteiger partial charge in [-0.25, -0.2) is 0 Å². The molecule has 4 heterocycles. The van der Waals surface area contributed by atoms with Crippen molar-refractivity contribution in [2.45, 2.75) is 69.2 Å². The maximum Gasteiger partial charge on any atom is 0.251 e. The van der Waals surface area contributed by atoms with Gasteiger partial charge in [0.2, 0.25) is 0 Å². The van der Waals surface area contributed by atoms with Crippen molar-refractivity contribution in [2.24, 2.45) is 5.92 Å². The molecular weight excluding hydrogens is 492 g/mol. The number of aromatic amines is 1. The number of nitrogens with one attached hydrogen (secondary N) is 2. The van der Waals surface area contributed by atoms with E-state index in [1.165, 1.54) is 37.7 Å². The van der Waals surface area contributed by atoms with E-state index in [9.17, 15) is 4.79 Å². The van der Waals surface area contributed by atoms with Crippen LogP contribution >= 0.6 is 11.3 Å². The zero-order valence-electron chi connectivity index (χ0n) is 21.7. The van der Waals surface area contributed by atoms with E-state index in [0.717, 1.165) is 40.8 Å². The zero-order valence-corrected chi connectivity index (χ0v) is 22.5. The molecule has 2 aromatic carbocycles. The molecule has 1 saturated carbocycles. The van der Waals surface area contributed by atoms with Crippen molar-refractivity contribution in [2.75, 3.05) is 7.05 Å². The van der Waals surface area contributed by atoms with E-state index in [1.807, 2.05) is 18.2 Å². The maximum atomic E-state index is 13.4. The third kappa shape index (κ3) is 4.41. The molecule has 3 aliphatic rings. The highest BCUT2D eigenvalue weighted by Crippen LogP contribution is 2.39. The molecule has 196 valence electrons. The highest BCUT2D eigenvalue weighted by atomic mass is 32.1. The van der Waals surface area contributed by atoms with Crippen LogP contribution in [0.3, 0.4) is 0 Å². The normalized spacial score (nSPS) is 24.3. The molecule has 4 atom stereocenters. The lowest BCUT2D eigenvalue weighted by molar-refractivity contribution is 0.0662. The van der Waals surface area contributed by atoms with E-state index in [2.05, 4.69) is 68.6 Å². The number of aromatic nitrogens is 2. The molecule has 38 heavy (non-hydrogen) atoms. The van der Waals surface area contributed by atoms with E-state index in [4.69, 9.17) is 4.74 Å². The summed E-state index contributed by atoms with van der Waals surface area (Å²) in [6.45, 7) is 0. The number of benzene rings is 2. The summed E-state index contributed by atoms with van der Waals surface area (Å²) >= 11 is 1.68. The first-order valence-electron chi connectivity index (χ1n) is 13.9. The molecule has 4 aromatic rings. The van der Waals surface area contributed by atoms with Gasteiger partial charge in [-0.1, -0.05) is 6.42 Å². The number of hydrogen-bond donors (Lipinski definition) is 2. The van der Waals surface area contributed by atoms with Gasteiger partial charge in [0.05, 0.1) is 17.3 Å². The minimum Gasteiger partial charge on any atom is -0.490 e. The number of H-pyrrole nitrogens is 1. The fourth-order valence-electron chi connectivity index (χ4n) is 6.64. The Morgan fingerprint density at radius 1 is 1.08 bits per heavy atom. The van der Waals surface area contributed by atoms with Crippen molar-refractivity contribution in [1.82, 2.24) is 20.4 Å². The Morgan fingerprint density at radius 3 is 2.55 bits per heavy atom. The average Bonchev–Trinajstić information content (AvgIpc) is 3.62. The lowest BCUT2D eigenvalue weighted by Crippen LogP contribution is -2.43. The molecule has 2 N–H and O–H groups in total. The van der Waals surface area contributed by atoms with Crippen LogP contribution in [0, 0.1) is 5.92 Å². The lowest BCUT2D eigenvalue weighted by atomic mass is 9.77. The number of piperidine rings is 1. The molecular formula is C31H34N4O2S. The van der Waals surface area contributed by atoms with E-state index in [-0.39, 0.29) is 11.9 Å². The molecule has 1 amide bonds. The van der Waals surface area contributed by atoms with Gasteiger partial charge in [-0.2, -0.15) is 16.4 Å². The molecule has 2 aromatic heterocycles. The maximum absolute atomic E-state index is 13.4. The van der Waals surface area contributed by atoms with Crippen LogP contribution in [0.25, 0.3) is 22.2 Å². The van der Waals surface area contributed by atoms with Crippen LogP contribution in [-0.4, -0.2) is 46.2 Å². The summed E-state index contributed by atoms with van der Waals surface area (Å²) in [6, 6.07) is 17.6. The van der Waals surface area contributed by atoms with Gasteiger partial charge in [0.15, 0.2) is 0 Å². The van der Waals surface area contributed by atoms with E-state index < -0.39 is 0 Å². The quantitative estimate of drug-likeness (QED) is 0.286. The first-order chi connectivity index (χ1) is 18.6. The minimum absolute atomic E-state index is 0.0296. The van der Waals surface area contributed by atoms with Gasteiger partial charge in [-0.3, -0.25) is 9.89 Å². The zero-order chi connectivity index (χ0) is 25.6. The molecule has 3 fully saturated rings. The Balaban J connectivity index is 1.08. The fraction of sp³-hybridized carbons (Fsp3) is 0.419. The van der Waals surface area contributed by atoms with Crippen LogP contribution in [0.15, 0.2) is 59.3 Å². The highest BCUT2D eigenvalue weighted by Gasteiger charge is 2.39. The van der Waals surface area contributed by atoms with Crippen molar-refractivity contribution in [3.05, 3.63) is 70.4 Å². The molecule has 1 unspecified atom stereocenters. The van der Waals surface area contributed by atoms with Crippen molar-refractivity contribution < 1.29 is 9.53 Å². The van der Waals surface area contributed by atoms with Crippen molar-refractivity contribution in [1.29, 1.82) is 0 Å². The third-order valence-corrected chi connectivity index (χ3v) is 9.82. The number of fused-ring (bicyclic) bond motifs is 3. The van der Waals surface area contributed by atoms with Crippen LogP contribution in [0.5, 0.6) is 5.75 Å². The molecule has 2 bridgehead atoms. The van der Waals surface area contributed by atoms with Gasteiger partial charge < -0.3 is 15.0 Å². The minimum atomic E-state index is -0.0296. The van der Waals surface area contributed by atoms with Crippen LogP contribution in [-0.2, 0) is 0 Å². The smallest absolute Gasteiger partial charge is 0.251 e. The molecule has 2 saturated heterocycles. The van der Waals surface area contributed by atoms with E-state index >= 15 is 0 Å². The largest absolute Gasteiger partial charge is 0.490 e. The van der Waals surface area contributed by atoms with Crippen LogP contribution < -0.4 is 10.1 Å². The second-order valence-electron chi connectivity index (χ2n) is 11.3. The predicted octanol–water partition coefficient (Wildman–Crippen LogP) is 6.57. The van der Waals surface area contributed by atoms with Crippen LogP contribution in [0.1, 0.15) is 66.9 Å². The van der Waals surface area contributed by atoms with Crippen molar-refractivity contribution in [3.63, 3.8) is 0 Å². The SMILES string of the molecule is CN1[C@@H]2CC[C@H]1C[C@@H](Oc1ccc(-c3n[nH]c4ccc(C(=O)NC(c5ccsc5)C5CCC5)cc34)cc1)C2. The number of ether oxygens (including phenoxy) is 1. The van der Waals surface area contributed by atoms with Gasteiger partial charge in [0, 0.05) is 28.6 Å². The number of nitrogens with zero attached hydrogens (tertiary/aromatic N) is 2. The standard InChI is InChI=1S/C31H34N4O2S/c1-35-23-8-9-24(35)17-26(16-23)37-25-10-5-20(6-11-25)30-27-15-21(7-12-28(27)33-34-30)31(36)32-29(19-3-2-4-19)22-13-14-38-18-22/h5-7,10-15,18-19,23-24,26,29H,2-4,8-9,16-17H2,1H3,(H,32,36)(H,33,34)/t23-,24+,26+,29?. The topological polar surface area (TPSA) is 70.2 Å². The van der Waals surface area contributed by atoms with Gasteiger partial charge >= 0.3 is 0 Å². The Morgan fingerprint density at radius 2 is 1.87 bits per heavy atom. The van der Waals surface area contributed by atoms with Gasteiger partial charge in [-0.15, -0.1) is 0 Å². The predicted molar refractivity (Wildman–Crippen MR) is 152 cm³/mol. The molecule has 2 aliphatic heterocycles. The third-order valence-electron chi connectivity index (χ3n) is 9.12. The summed E-state index contributed by atoms with van der Waals surface area (Å²) in [6.07, 6.45) is 8.68. The Labute approximate surface area is 227 Å². The van der Waals surface area contributed by atoms with Gasteiger partial charge in [0.25, 0.3) is 5.91 Å². The number of hydrogen-bond acceptors (Lipinski definition) is 5. The Bertz CT molecular complexity index is 1410. The number of rotatable bonds is 7. The van der Waals surface area contributed by atoms with Gasteiger partial charge in [0.1, 0.15) is 11.9 Å². The van der Waals surface area contributed by atoms with E-state index in [1.54, 1.807) is 11.3 Å². The average molecular weight is 527 g/mol. The monoisotopic (exact) mass is 526 g/mol. The second-order valence-corrected chi connectivity index (χ2v) is 12.1. The van der Waals surface area contributed by atoms with Crippen LogP contribution in [0.4, 0.5) is 0 Å². The first kappa shape index (κ1) is 23.9. The molecule has 0 spiro atoms. The Kier molecular flexibility index (Phi) is 6.21. The second kappa shape index (κ2) is 9.86. The summed E-state index contributed by atoms with van der Waals surface area (Å²) in [5.74, 6) is 1.41. The molecule has 6 nitrogen and oxygen atoms in total. The molecule has 7 heteroatoms. The molecule has 1 aliphatic carbocycles. The lowest BCUT2D eigenvalue weighted by Gasteiger charge is -2.36. The summed E-state index contributed by atoms with van der Waals surface area (Å²) < 4.78 is 6.39. The first-order valence-corrected chi connectivity index (χ1v) is 14.9. The fourth-order valence-corrected chi connectivity index (χ4v) is 7.34. The van der Waals surface area contributed by atoms with Crippen molar-refractivity contribution in [3.8, 4) is 17.0 Å². The molecule has 0 radical (unpaired) electrons. The van der Waals surface area contributed by atoms with Crippen LogP contribution in [0.2, 0.25) is 0 Å². The number of carbonyl (C=O) groups excluding carboxylic acids is 1. The highest BCUT2D eigenvalue weighted by molar-refractivity contribution is 7.08.